The fraction of sp³-hybridized carbons (Fsp3) is 0.304. The number of hydrogen-bond donors (Lipinski definition) is 0. The number of carbonyl (C=O) groups excluding carboxylic acids is 1. The van der Waals surface area contributed by atoms with Gasteiger partial charge in [-0.15, -0.1) is 0 Å². The van der Waals surface area contributed by atoms with Crippen LogP contribution in [0.5, 0.6) is 0 Å². The molecule has 0 bridgehead atoms. The number of aromatic nitrogens is 1. The summed E-state index contributed by atoms with van der Waals surface area (Å²) >= 11 is 0. The number of nitrogens with zero attached hydrogens (tertiary/aromatic N) is 1. The Morgan fingerprint density at radius 1 is 1.00 bits per heavy atom. The summed E-state index contributed by atoms with van der Waals surface area (Å²) < 4.78 is 5.07. The van der Waals surface area contributed by atoms with Gasteiger partial charge in [0.2, 0.25) is 0 Å². The second-order valence-corrected chi connectivity index (χ2v) is 6.47. The first kappa shape index (κ1) is 18.1. The van der Waals surface area contributed by atoms with Crippen LogP contribution in [0.15, 0.2) is 48.5 Å². The van der Waals surface area contributed by atoms with Crippen molar-refractivity contribution in [2.45, 2.75) is 40.0 Å². The van der Waals surface area contributed by atoms with Crippen LogP contribution < -0.4 is 0 Å². The lowest BCUT2D eigenvalue weighted by Crippen LogP contribution is -2.04. The second kappa shape index (κ2) is 8.13. The van der Waals surface area contributed by atoms with Crippen LogP contribution >= 0.6 is 0 Å². The van der Waals surface area contributed by atoms with Gasteiger partial charge < -0.3 is 4.74 Å². The summed E-state index contributed by atoms with van der Waals surface area (Å²) in [4.78, 5) is 16.8. The van der Waals surface area contributed by atoms with E-state index < -0.39 is 0 Å². The molecule has 2 aromatic carbocycles. The standard InChI is InChI=1S/C23H25NO2/c1-4-6-9-21-20-11-8-7-10-19(20)16(3)24-22(21)17-12-14-18(15-13-17)23(25)26-5-2/h7-8,10-15H,4-6,9H2,1-3H3. The van der Waals surface area contributed by atoms with Crippen LogP contribution in [0.4, 0.5) is 0 Å². The van der Waals surface area contributed by atoms with E-state index in [9.17, 15) is 4.79 Å². The number of carbonyl (C=O) groups is 1. The van der Waals surface area contributed by atoms with Crippen LogP contribution in [-0.2, 0) is 11.2 Å². The lowest BCUT2D eigenvalue weighted by molar-refractivity contribution is 0.0526. The highest BCUT2D eigenvalue weighted by atomic mass is 16.5. The maximum atomic E-state index is 11.9. The molecule has 0 radical (unpaired) electrons. The molecule has 0 atom stereocenters. The number of benzene rings is 2. The van der Waals surface area contributed by atoms with Crippen LogP contribution in [0, 0.1) is 6.92 Å². The first-order valence-electron chi connectivity index (χ1n) is 9.31. The average molecular weight is 347 g/mol. The van der Waals surface area contributed by atoms with E-state index in [0.29, 0.717) is 12.2 Å². The number of esters is 1. The van der Waals surface area contributed by atoms with E-state index >= 15 is 0 Å². The number of pyridine rings is 1. The molecule has 0 aliphatic heterocycles. The molecular formula is C23H25NO2. The summed E-state index contributed by atoms with van der Waals surface area (Å²) in [5.74, 6) is -0.284. The van der Waals surface area contributed by atoms with Gasteiger partial charge in [-0.1, -0.05) is 49.7 Å². The molecule has 0 unspecified atom stereocenters. The van der Waals surface area contributed by atoms with Crippen molar-refractivity contribution in [2.75, 3.05) is 6.61 Å². The molecule has 134 valence electrons. The summed E-state index contributed by atoms with van der Waals surface area (Å²) in [5, 5.41) is 2.49. The quantitative estimate of drug-likeness (QED) is 0.535. The summed E-state index contributed by atoms with van der Waals surface area (Å²) in [6.07, 6.45) is 3.27. The Labute approximate surface area is 155 Å². The van der Waals surface area contributed by atoms with Gasteiger partial charge in [0.15, 0.2) is 0 Å². The monoisotopic (exact) mass is 347 g/mol. The van der Waals surface area contributed by atoms with E-state index in [1.807, 2.05) is 31.2 Å². The van der Waals surface area contributed by atoms with Crippen molar-refractivity contribution in [3.05, 3.63) is 65.4 Å². The second-order valence-electron chi connectivity index (χ2n) is 6.47. The van der Waals surface area contributed by atoms with E-state index in [4.69, 9.17) is 9.72 Å². The van der Waals surface area contributed by atoms with E-state index in [2.05, 4.69) is 38.1 Å². The van der Waals surface area contributed by atoms with Gasteiger partial charge in [-0.25, -0.2) is 4.79 Å². The zero-order valence-electron chi connectivity index (χ0n) is 15.7. The van der Waals surface area contributed by atoms with Gasteiger partial charge in [0, 0.05) is 16.6 Å². The number of ether oxygens (including phenoxy) is 1. The highest BCUT2D eigenvalue weighted by molar-refractivity contribution is 5.93. The van der Waals surface area contributed by atoms with E-state index in [1.54, 1.807) is 0 Å². The predicted molar refractivity (Wildman–Crippen MR) is 106 cm³/mol. The van der Waals surface area contributed by atoms with E-state index in [-0.39, 0.29) is 5.97 Å². The third-order valence-electron chi connectivity index (χ3n) is 4.66. The third-order valence-corrected chi connectivity index (χ3v) is 4.66. The number of fused-ring (bicyclic) bond motifs is 1. The summed E-state index contributed by atoms with van der Waals surface area (Å²) in [6.45, 7) is 6.46. The van der Waals surface area contributed by atoms with E-state index in [1.165, 1.54) is 16.3 Å². The Morgan fingerprint density at radius 3 is 2.35 bits per heavy atom. The normalized spacial score (nSPS) is 10.9. The van der Waals surface area contributed by atoms with Crippen molar-refractivity contribution in [1.82, 2.24) is 4.98 Å². The van der Waals surface area contributed by atoms with Gasteiger partial charge in [0.05, 0.1) is 17.9 Å². The van der Waals surface area contributed by atoms with Gasteiger partial charge >= 0.3 is 5.97 Å². The molecule has 26 heavy (non-hydrogen) atoms. The van der Waals surface area contributed by atoms with Gasteiger partial charge in [-0.05, 0) is 49.8 Å². The third kappa shape index (κ3) is 3.62. The van der Waals surface area contributed by atoms with Crippen molar-refractivity contribution in [3.63, 3.8) is 0 Å². The van der Waals surface area contributed by atoms with Crippen molar-refractivity contribution in [3.8, 4) is 11.3 Å². The molecule has 0 aliphatic rings. The Morgan fingerprint density at radius 2 is 1.69 bits per heavy atom. The molecule has 3 nitrogen and oxygen atoms in total. The molecular weight excluding hydrogens is 322 g/mol. The maximum absolute atomic E-state index is 11.9. The zero-order valence-corrected chi connectivity index (χ0v) is 15.7. The Kier molecular flexibility index (Phi) is 5.67. The van der Waals surface area contributed by atoms with Gasteiger partial charge in [-0.3, -0.25) is 4.98 Å². The fourth-order valence-electron chi connectivity index (χ4n) is 3.31. The number of rotatable bonds is 6. The molecule has 0 saturated heterocycles. The zero-order chi connectivity index (χ0) is 18.5. The lowest BCUT2D eigenvalue weighted by Gasteiger charge is -2.15. The van der Waals surface area contributed by atoms with Crippen LogP contribution in [0.25, 0.3) is 22.0 Å². The van der Waals surface area contributed by atoms with Crippen molar-refractivity contribution < 1.29 is 9.53 Å². The highest BCUT2D eigenvalue weighted by Gasteiger charge is 2.14. The maximum Gasteiger partial charge on any atom is 0.338 e. The number of aryl methyl sites for hydroxylation is 2. The predicted octanol–water partition coefficient (Wildman–Crippen LogP) is 5.73. The molecule has 3 aromatic rings. The Bertz CT molecular complexity index is 913. The van der Waals surface area contributed by atoms with Gasteiger partial charge in [0.1, 0.15) is 0 Å². The van der Waals surface area contributed by atoms with Crippen molar-refractivity contribution in [2.24, 2.45) is 0 Å². The summed E-state index contributed by atoms with van der Waals surface area (Å²) in [6, 6.07) is 16.1. The van der Waals surface area contributed by atoms with Crippen molar-refractivity contribution >= 4 is 16.7 Å². The minimum atomic E-state index is -0.284. The summed E-state index contributed by atoms with van der Waals surface area (Å²) in [7, 11) is 0. The average Bonchev–Trinajstić information content (AvgIpc) is 2.67. The molecule has 1 aromatic heterocycles. The minimum absolute atomic E-state index is 0.284. The molecule has 3 heteroatoms. The topological polar surface area (TPSA) is 39.2 Å². The minimum Gasteiger partial charge on any atom is -0.462 e. The highest BCUT2D eigenvalue weighted by Crippen LogP contribution is 2.31. The molecule has 0 spiro atoms. The van der Waals surface area contributed by atoms with Crippen LogP contribution in [0.3, 0.4) is 0 Å². The Balaban J connectivity index is 2.10. The van der Waals surface area contributed by atoms with Crippen molar-refractivity contribution in [1.29, 1.82) is 0 Å². The molecule has 0 N–H and O–H groups in total. The largest absolute Gasteiger partial charge is 0.462 e. The number of unbranched alkanes of at least 4 members (excludes halogenated alkanes) is 1. The first-order valence-corrected chi connectivity index (χ1v) is 9.31. The number of hydrogen-bond acceptors (Lipinski definition) is 3. The van der Waals surface area contributed by atoms with Gasteiger partial charge in [-0.2, -0.15) is 0 Å². The smallest absolute Gasteiger partial charge is 0.338 e. The SMILES string of the molecule is CCCCc1c(-c2ccc(C(=O)OCC)cc2)nc(C)c2ccccc12. The fourth-order valence-corrected chi connectivity index (χ4v) is 3.31. The molecule has 0 saturated carbocycles. The van der Waals surface area contributed by atoms with Crippen LogP contribution in [-0.4, -0.2) is 17.6 Å². The van der Waals surface area contributed by atoms with E-state index in [0.717, 1.165) is 36.2 Å². The molecule has 0 fully saturated rings. The first-order chi connectivity index (χ1) is 12.7. The molecule has 0 aliphatic carbocycles. The molecule has 0 amide bonds. The lowest BCUT2D eigenvalue weighted by atomic mass is 9.94. The van der Waals surface area contributed by atoms with Crippen LogP contribution in [0.2, 0.25) is 0 Å². The van der Waals surface area contributed by atoms with Crippen LogP contribution in [0.1, 0.15) is 48.3 Å². The molecule has 3 rings (SSSR count). The van der Waals surface area contributed by atoms with Gasteiger partial charge in [0.25, 0.3) is 0 Å². The molecule has 1 heterocycles. The Hall–Kier alpha value is -2.68. The summed E-state index contributed by atoms with van der Waals surface area (Å²) in [5.41, 5.74) is 4.95.